The molecule has 0 spiro atoms. The zero-order valence-corrected chi connectivity index (χ0v) is 18.7. The van der Waals surface area contributed by atoms with Crippen molar-refractivity contribution in [2.75, 3.05) is 6.61 Å². The maximum atomic E-state index is 5.69. The molecule has 29 heavy (non-hydrogen) atoms. The van der Waals surface area contributed by atoms with Crippen molar-refractivity contribution in [3.8, 4) is 16.9 Å². The first kappa shape index (κ1) is 21.9. The molecule has 158 valence electrons. The molecule has 0 radical (unpaired) electrons. The van der Waals surface area contributed by atoms with Gasteiger partial charge in [0.1, 0.15) is 5.75 Å². The van der Waals surface area contributed by atoms with Crippen LogP contribution < -0.4 is 4.74 Å². The van der Waals surface area contributed by atoms with Crippen LogP contribution >= 0.6 is 0 Å². The lowest BCUT2D eigenvalue weighted by molar-refractivity contribution is 0.302. The van der Waals surface area contributed by atoms with Crippen LogP contribution in [0.5, 0.6) is 5.75 Å². The van der Waals surface area contributed by atoms with Gasteiger partial charge in [0, 0.05) is 0 Å². The maximum absolute atomic E-state index is 5.69. The molecule has 1 aliphatic carbocycles. The molecule has 0 aliphatic heterocycles. The average molecular weight is 393 g/mol. The van der Waals surface area contributed by atoms with Crippen molar-refractivity contribution in [3.05, 3.63) is 54.1 Å². The molecule has 1 heteroatoms. The van der Waals surface area contributed by atoms with Crippen LogP contribution in [-0.2, 0) is 0 Å². The van der Waals surface area contributed by atoms with Gasteiger partial charge >= 0.3 is 0 Å². The van der Waals surface area contributed by atoms with E-state index in [-0.39, 0.29) is 0 Å². The highest BCUT2D eigenvalue weighted by molar-refractivity contribution is 5.64. The van der Waals surface area contributed by atoms with Gasteiger partial charge in [-0.25, -0.2) is 0 Å². The number of hydrogen-bond donors (Lipinski definition) is 0. The van der Waals surface area contributed by atoms with E-state index in [1.807, 2.05) is 0 Å². The molecule has 1 nitrogen and oxygen atoms in total. The van der Waals surface area contributed by atoms with Crippen molar-refractivity contribution in [1.82, 2.24) is 0 Å². The van der Waals surface area contributed by atoms with Crippen molar-refractivity contribution in [2.45, 2.75) is 90.4 Å². The third-order valence-electron chi connectivity index (χ3n) is 6.61. The van der Waals surface area contributed by atoms with Crippen molar-refractivity contribution >= 4 is 0 Å². The van der Waals surface area contributed by atoms with Crippen LogP contribution in [-0.4, -0.2) is 6.61 Å². The van der Waals surface area contributed by atoms with E-state index >= 15 is 0 Å². The van der Waals surface area contributed by atoms with E-state index in [9.17, 15) is 0 Å². The molecule has 0 bridgehead atoms. The third kappa shape index (κ3) is 6.91. The van der Waals surface area contributed by atoms with Crippen molar-refractivity contribution in [1.29, 1.82) is 0 Å². The lowest BCUT2D eigenvalue weighted by Crippen LogP contribution is -2.13. The van der Waals surface area contributed by atoms with Crippen LogP contribution in [0.3, 0.4) is 0 Å². The van der Waals surface area contributed by atoms with Crippen LogP contribution in [0.25, 0.3) is 11.1 Å². The Bertz CT molecular complexity index is 677. The van der Waals surface area contributed by atoms with E-state index in [0.717, 1.165) is 30.6 Å². The summed E-state index contributed by atoms with van der Waals surface area (Å²) in [6, 6.07) is 17.9. The molecule has 1 saturated carbocycles. The summed E-state index contributed by atoms with van der Waals surface area (Å²) in [5, 5.41) is 0. The fourth-order valence-corrected chi connectivity index (χ4v) is 4.73. The van der Waals surface area contributed by atoms with Gasteiger partial charge in [0.05, 0.1) is 6.61 Å². The predicted molar refractivity (Wildman–Crippen MR) is 126 cm³/mol. The normalized spacial score (nSPS) is 19.2. The highest BCUT2D eigenvalue weighted by Crippen LogP contribution is 2.38. The molecule has 1 fully saturated rings. The van der Waals surface area contributed by atoms with Gasteiger partial charge in [-0.2, -0.15) is 0 Å². The number of unbranched alkanes of at least 4 members (excludes halogenated alkanes) is 4. The first-order chi connectivity index (χ1) is 14.3. The Labute approximate surface area is 178 Å². The molecule has 0 saturated heterocycles. The molecule has 0 N–H and O–H groups in total. The Hall–Kier alpha value is -1.76. The highest BCUT2D eigenvalue weighted by atomic mass is 16.5. The minimum absolute atomic E-state index is 0.769. The van der Waals surface area contributed by atoms with Crippen LogP contribution in [0.4, 0.5) is 0 Å². The number of ether oxygens (including phenoxy) is 1. The number of benzene rings is 2. The van der Waals surface area contributed by atoms with Gasteiger partial charge < -0.3 is 4.74 Å². The standard InChI is InChI=1S/C28H40O/c1-3-5-6-7-8-9-23-10-12-24(13-11-23)25-14-16-26(17-15-25)27-18-20-28(21-19-27)29-22-4-2/h14-21,23-24H,3-13,22H2,1-2H3. The molecule has 0 atom stereocenters. The van der Waals surface area contributed by atoms with Gasteiger partial charge in [-0.1, -0.05) is 88.8 Å². The summed E-state index contributed by atoms with van der Waals surface area (Å²) < 4.78 is 5.69. The minimum Gasteiger partial charge on any atom is -0.494 e. The molecule has 2 aromatic carbocycles. The Kier molecular flexibility index (Phi) is 9.12. The Morgan fingerprint density at radius 3 is 1.93 bits per heavy atom. The largest absolute Gasteiger partial charge is 0.494 e. The Morgan fingerprint density at radius 1 is 0.690 bits per heavy atom. The topological polar surface area (TPSA) is 9.23 Å². The van der Waals surface area contributed by atoms with E-state index in [1.165, 1.54) is 80.9 Å². The smallest absolute Gasteiger partial charge is 0.119 e. The maximum Gasteiger partial charge on any atom is 0.119 e. The zero-order valence-electron chi connectivity index (χ0n) is 18.7. The molecule has 0 aromatic heterocycles. The molecule has 2 aromatic rings. The second kappa shape index (κ2) is 12.1. The molecule has 1 aliphatic rings. The summed E-state index contributed by atoms with van der Waals surface area (Å²) in [6.07, 6.45) is 15.2. The van der Waals surface area contributed by atoms with Crippen molar-refractivity contribution in [3.63, 3.8) is 0 Å². The van der Waals surface area contributed by atoms with Gasteiger partial charge in [-0.05, 0) is 72.8 Å². The second-order valence-corrected chi connectivity index (χ2v) is 8.92. The molecule has 0 unspecified atom stereocenters. The lowest BCUT2D eigenvalue weighted by Gasteiger charge is -2.29. The van der Waals surface area contributed by atoms with Crippen molar-refractivity contribution < 1.29 is 4.74 Å². The molecular weight excluding hydrogens is 352 g/mol. The van der Waals surface area contributed by atoms with Crippen LogP contribution in [0.2, 0.25) is 0 Å². The van der Waals surface area contributed by atoms with E-state index in [0.29, 0.717) is 0 Å². The Balaban J connectivity index is 1.46. The summed E-state index contributed by atoms with van der Waals surface area (Å²) in [5.41, 5.74) is 4.11. The van der Waals surface area contributed by atoms with Gasteiger partial charge in [0.2, 0.25) is 0 Å². The number of rotatable bonds is 11. The van der Waals surface area contributed by atoms with E-state index < -0.39 is 0 Å². The fourth-order valence-electron chi connectivity index (χ4n) is 4.73. The zero-order chi connectivity index (χ0) is 20.3. The van der Waals surface area contributed by atoms with E-state index in [2.05, 4.69) is 62.4 Å². The van der Waals surface area contributed by atoms with Crippen LogP contribution in [0, 0.1) is 5.92 Å². The lowest BCUT2D eigenvalue weighted by atomic mass is 9.77. The SMILES string of the molecule is CCCCCCCC1CCC(c2ccc(-c3ccc(OCCC)cc3)cc2)CC1. The van der Waals surface area contributed by atoms with Crippen molar-refractivity contribution in [2.24, 2.45) is 5.92 Å². The van der Waals surface area contributed by atoms with Gasteiger partial charge in [-0.15, -0.1) is 0 Å². The summed E-state index contributed by atoms with van der Waals surface area (Å²) in [4.78, 5) is 0. The predicted octanol–water partition coefficient (Wildman–Crippen LogP) is 8.78. The minimum atomic E-state index is 0.769. The van der Waals surface area contributed by atoms with E-state index in [4.69, 9.17) is 4.74 Å². The average Bonchev–Trinajstić information content (AvgIpc) is 2.78. The summed E-state index contributed by atoms with van der Waals surface area (Å²) in [7, 11) is 0. The van der Waals surface area contributed by atoms with E-state index in [1.54, 1.807) is 0 Å². The highest BCUT2D eigenvalue weighted by Gasteiger charge is 2.22. The summed E-state index contributed by atoms with van der Waals surface area (Å²) in [5.74, 6) is 2.72. The summed E-state index contributed by atoms with van der Waals surface area (Å²) in [6.45, 7) is 5.22. The van der Waals surface area contributed by atoms with Crippen LogP contribution in [0.1, 0.15) is 96.0 Å². The number of hydrogen-bond acceptors (Lipinski definition) is 1. The summed E-state index contributed by atoms with van der Waals surface area (Å²) >= 11 is 0. The first-order valence-corrected chi connectivity index (χ1v) is 12.1. The third-order valence-corrected chi connectivity index (χ3v) is 6.61. The second-order valence-electron chi connectivity index (χ2n) is 8.92. The molecular formula is C28H40O. The quantitative estimate of drug-likeness (QED) is 0.347. The monoisotopic (exact) mass is 392 g/mol. The van der Waals surface area contributed by atoms with Gasteiger partial charge in [0.25, 0.3) is 0 Å². The van der Waals surface area contributed by atoms with Gasteiger partial charge in [0.15, 0.2) is 0 Å². The fraction of sp³-hybridized carbons (Fsp3) is 0.571. The molecule has 0 amide bonds. The molecule has 3 rings (SSSR count). The van der Waals surface area contributed by atoms with Gasteiger partial charge in [-0.3, -0.25) is 0 Å². The first-order valence-electron chi connectivity index (χ1n) is 12.1. The Morgan fingerprint density at radius 2 is 1.31 bits per heavy atom. The van der Waals surface area contributed by atoms with Crippen LogP contribution in [0.15, 0.2) is 48.5 Å². The molecule has 0 heterocycles.